The quantitative estimate of drug-likeness (QED) is 0.732. The Kier molecular flexibility index (Phi) is 5.21. The molecule has 0 N–H and O–H groups in total. The van der Waals surface area contributed by atoms with E-state index in [1.807, 2.05) is 13.8 Å². The Morgan fingerprint density at radius 2 is 1.75 bits per heavy atom. The van der Waals surface area contributed by atoms with Gasteiger partial charge in [-0.2, -0.15) is 4.31 Å². The molecule has 1 rings (SSSR count). The van der Waals surface area contributed by atoms with Crippen LogP contribution >= 0.6 is 0 Å². The molecule has 16 heavy (non-hydrogen) atoms. The van der Waals surface area contributed by atoms with E-state index >= 15 is 0 Å². The van der Waals surface area contributed by atoms with Gasteiger partial charge in [-0.1, -0.05) is 6.42 Å². The fraction of sp³-hybridized carbons (Fsp3) is 1.00. The Hall–Kier alpha value is -0.130. The van der Waals surface area contributed by atoms with E-state index in [4.69, 9.17) is 0 Å². The third-order valence-corrected chi connectivity index (χ3v) is 4.54. The van der Waals surface area contributed by atoms with E-state index in [1.54, 1.807) is 4.31 Å². The second-order valence-electron chi connectivity index (χ2n) is 4.87. The van der Waals surface area contributed by atoms with Crippen LogP contribution < -0.4 is 0 Å². The minimum atomic E-state index is -3.06. The van der Waals surface area contributed by atoms with Crippen LogP contribution in [0.3, 0.4) is 0 Å². The molecule has 1 aliphatic heterocycles. The van der Waals surface area contributed by atoms with Crippen LogP contribution in [0.5, 0.6) is 0 Å². The number of sulfonamides is 1. The van der Waals surface area contributed by atoms with Gasteiger partial charge in [0.25, 0.3) is 0 Å². The maximum Gasteiger partial charge on any atom is 0.211 e. The SMILES string of the molecule is CC(C)N(CCN1CCCCC1)S(C)(=O)=O. The molecule has 0 aliphatic carbocycles. The molecule has 0 unspecified atom stereocenters. The summed E-state index contributed by atoms with van der Waals surface area (Å²) in [5.41, 5.74) is 0. The number of rotatable bonds is 5. The van der Waals surface area contributed by atoms with Crippen molar-refractivity contribution in [3.8, 4) is 0 Å². The van der Waals surface area contributed by atoms with E-state index in [1.165, 1.54) is 25.5 Å². The molecule has 1 saturated heterocycles. The zero-order valence-corrected chi connectivity index (χ0v) is 11.5. The average Bonchev–Trinajstić information content (AvgIpc) is 2.17. The second kappa shape index (κ2) is 5.98. The maximum absolute atomic E-state index is 11.6. The highest BCUT2D eigenvalue weighted by Gasteiger charge is 2.21. The molecule has 0 bridgehead atoms. The van der Waals surface area contributed by atoms with Gasteiger partial charge in [-0.3, -0.25) is 0 Å². The Labute approximate surface area is 99.7 Å². The monoisotopic (exact) mass is 248 g/mol. The first-order valence-electron chi connectivity index (χ1n) is 6.10. The first-order chi connectivity index (χ1) is 7.41. The highest BCUT2D eigenvalue weighted by molar-refractivity contribution is 7.88. The fourth-order valence-corrected chi connectivity index (χ4v) is 3.41. The number of piperidine rings is 1. The molecule has 1 aliphatic rings. The van der Waals surface area contributed by atoms with Crippen molar-refractivity contribution in [2.75, 3.05) is 32.4 Å². The zero-order valence-electron chi connectivity index (χ0n) is 10.6. The van der Waals surface area contributed by atoms with Gasteiger partial charge in [-0.15, -0.1) is 0 Å². The van der Waals surface area contributed by atoms with Gasteiger partial charge in [-0.05, 0) is 39.8 Å². The predicted molar refractivity (Wildman–Crippen MR) is 67.0 cm³/mol. The minimum absolute atomic E-state index is 0.0554. The lowest BCUT2D eigenvalue weighted by Gasteiger charge is -2.30. The summed E-state index contributed by atoms with van der Waals surface area (Å²) >= 11 is 0. The van der Waals surface area contributed by atoms with E-state index < -0.39 is 10.0 Å². The van der Waals surface area contributed by atoms with Crippen LogP contribution in [0.2, 0.25) is 0 Å². The highest BCUT2D eigenvalue weighted by Crippen LogP contribution is 2.10. The summed E-state index contributed by atoms with van der Waals surface area (Å²) in [6, 6.07) is 0.0554. The van der Waals surface area contributed by atoms with Crippen molar-refractivity contribution < 1.29 is 8.42 Å². The van der Waals surface area contributed by atoms with Crippen molar-refractivity contribution in [3.63, 3.8) is 0 Å². The first-order valence-corrected chi connectivity index (χ1v) is 7.95. The van der Waals surface area contributed by atoms with Crippen LogP contribution in [0.4, 0.5) is 0 Å². The van der Waals surface area contributed by atoms with Gasteiger partial charge < -0.3 is 4.90 Å². The fourth-order valence-electron chi connectivity index (χ4n) is 2.23. The standard InChI is InChI=1S/C11H24N2O2S/c1-11(2)13(16(3,14)15)10-9-12-7-5-4-6-8-12/h11H,4-10H2,1-3H3. The summed E-state index contributed by atoms with van der Waals surface area (Å²) in [4.78, 5) is 2.37. The van der Waals surface area contributed by atoms with Crippen molar-refractivity contribution in [2.45, 2.75) is 39.2 Å². The van der Waals surface area contributed by atoms with E-state index in [2.05, 4.69) is 4.90 Å². The number of nitrogens with zero attached hydrogens (tertiary/aromatic N) is 2. The van der Waals surface area contributed by atoms with Crippen molar-refractivity contribution >= 4 is 10.0 Å². The van der Waals surface area contributed by atoms with Crippen LogP contribution in [-0.4, -0.2) is 56.1 Å². The van der Waals surface area contributed by atoms with Gasteiger partial charge in [0.2, 0.25) is 10.0 Å². The van der Waals surface area contributed by atoms with Crippen LogP contribution in [0.25, 0.3) is 0 Å². The average molecular weight is 248 g/mol. The molecular formula is C11H24N2O2S. The van der Waals surface area contributed by atoms with Gasteiger partial charge in [0, 0.05) is 19.1 Å². The molecular weight excluding hydrogens is 224 g/mol. The summed E-state index contributed by atoms with van der Waals surface area (Å²) < 4.78 is 24.7. The maximum atomic E-state index is 11.6. The molecule has 1 fully saturated rings. The number of hydrogen-bond acceptors (Lipinski definition) is 3. The molecule has 5 heteroatoms. The van der Waals surface area contributed by atoms with Crippen LogP contribution in [0.1, 0.15) is 33.1 Å². The van der Waals surface area contributed by atoms with Crippen LogP contribution in [0, 0.1) is 0 Å². The molecule has 0 radical (unpaired) electrons. The lowest BCUT2D eigenvalue weighted by atomic mass is 10.1. The lowest BCUT2D eigenvalue weighted by molar-refractivity contribution is 0.205. The Morgan fingerprint density at radius 3 is 2.19 bits per heavy atom. The van der Waals surface area contributed by atoms with E-state index in [9.17, 15) is 8.42 Å². The molecule has 0 saturated carbocycles. The molecule has 0 aromatic rings. The van der Waals surface area contributed by atoms with E-state index in [0.717, 1.165) is 19.6 Å². The second-order valence-corrected chi connectivity index (χ2v) is 6.80. The largest absolute Gasteiger partial charge is 0.302 e. The summed E-state index contributed by atoms with van der Waals surface area (Å²) in [5, 5.41) is 0. The number of likely N-dealkylation sites (tertiary alicyclic amines) is 1. The summed E-state index contributed by atoms with van der Waals surface area (Å²) in [7, 11) is -3.06. The molecule has 0 spiro atoms. The van der Waals surface area contributed by atoms with Crippen LogP contribution in [0.15, 0.2) is 0 Å². The molecule has 0 amide bonds. The summed E-state index contributed by atoms with van der Waals surface area (Å²) in [5.74, 6) is 0. The molecule has 0 atom stereocenters. The van der Waals surface area contributed by atoms with Crippen LogP contribution in [-0.2, 0) is 10.0 Å². The Bertz CT molecular complexity index is 295. The third-order valence-electron chi connectivity index (χ3n) is 3.09. The first kappa shape index (κ1) is 13.9. The molecule has 1 heterocycles. The molecule has 0 aromatic heterocycles. The van der Waals surface area contributed by atoms with E-state index in [0.29, 0.717) is 6.54 Å². The molecule has 4 nitrogen and oxygen atoms in total. The van der Waals surface area contributed by atoms with Crippen molar-refractivity contribution in [3.05, 3.63) is 0 Å². The Balaban J connectivity index is 2.44. The van der Waals surface area contributed by atoms with Gasteiger partial charge >= 0.3 is 0 Å². The van der Waals surface area contributed by atoms with Gasteiger partial charge in [0.1, 0.15) is 0 Å². The highest BCUT2D eigenvalue weighted by atomic mass is 32.2. The van der Waals surface area contributed by atoms with Gasteiger partial charge in [-0.25, -0.2) is 8.42 Å². The topological polar surface area (TPSA) is 40.6 Å². The molecule has 96 valence electrons. The lowest BCUT2D eigenvalue weighted by Crippen LogP contribution is -2.43. The summed E-state index contributed by atoms with van der Waals surface area (Å²) in [6.45, 7) is 7.58. The van der Waals surface area contributed by atoms with Gasteiger partial charge in [0.05, 0.1) is 6.26 Å². The van der Waals surface area contributed by atoms with Crippen molar-refractivity contribution in [1.82, 2.24) is 9.21 Å². The predicted octanol–water partition coefficient (Wildman–Crippen LogP) is 1.14. The van der Waals surface area contributed by atoms with Crippen molar-refractivity contribution in [1.29, 1.82) is 0 Å². The molecule has 0 aromatic carbocycles. The van der Waals surface area contributed by atoms with Crippen molar-refractivity contribution in [2.24, 2.45) is 0 Å². The van der Waals surface area contributed by atoms with E-state index in [-0.39, 0.29) is 6.04 Å². The minimum Gasteiger partial charge on any atom is -0.302 e. The number of hydrogen-bond donors (Lipinski definition) is 0. The normalized spacial score (nSPS) is 19.6. The van der Waals surface area contributed by atoms with Gasteiger partial charge in [0.15, 0.2) is 0 Å². The smallest absolute Gasteiger partial charge is 0.211 e. The Morgan fingerprint density at radius 1 is 1.19 bits per heavy atom. The zero-order chi connectivity index (χ0) is 12.2. The third kappa shape index (κ3) is 4.39. The summed E-state index contributed by atoms with van der Waals surface area (Å²) in [6.07, 6.45) is 5.11.